The summed E-state index contributed by atoms with van der Waals surface area (Å²) < 4.78 is 36.6. The highest BCUT2D eigenvalue weighted by molar-refractivity contribution is 7.90. The molecule has 0 aliphatic heterocycles. The van der Waals surface area contributed by atoms with Crippen LogP contribution in [0, 0.1) is 0 Å². The van der Waals surface area contributed by atoms with Crippen molar-refractivity contribution in [3.8, 4) is 0 Å². The molecule has 0 radical (unpaired) electrons. The molecule has 0 spiro atoms. The molecule has 0 fully saturated rings. The van der Waals surface area contributed by atoms with Gasteiger partial charge in [0, 0.05) is 19.3 Å². The third-order valence-electron chi connectivity index (χ3n) is 2.42. The van der Waals surface area contributed by atoms with Crippen molar-refractivity contribution in [2.24, 2.45) is 0 Å². The average molecular weight is 326 g/mol. The van der Waals surface area contributed by atoms with Gasteiger partial charge in [0.05, 0.1) is 12.2 Å². The van der Waals surface area contributed by atoms with Crippen LogP contribution in [0.4, 0.5) is 0 Å². The SMILES string of the molecule is CCC[Si](OCC)(OCC)P(=O)(OC(C)C)OC(C)C. The lowest BCUT2D eigenvalue weighted by Crippen LogP contribution is -2.44. The van der Waals surface area contributed by atoms with E-state index in [0.29, 0.717) is 19.3 Å². The highest BCUT2D eigenvalue weighted by Crippen LogP contribution is 2.61. The van der Waals surface area contributed by atoms with Gasteiger partial charge in [0.15, 0.2) is 0 Å². The predicted molar refractivity (Wildman–Crippen MR) is 84.2 cm³/mol. The Morgan fingerprint density at radius 1 is 0.900 bits per heavy atom. The van der Waals surface area contributed by atoms with Gasteiger partial charge in [0.2, 0.25) is 0 Å². The summed E-state index contributed by atoms with van der Waals surface area (Å²) in [5.74, 6) is 0. The van der Waals surface area contributed by atoms with E-state index in [1.807, 2.05) is 48.5 Å². The molecular weight excluding hydrogens is 295 g/mol. The van der Waals surface area contributed by atoms with Crippen molar-refractivity contribution >= 4 is 15.4 Å². The molecule has 0 aliphatic rings. The van der Waals surface area contributed by atoms with E-state index < -0.39 is 15.4 Å². The summed E-state index contributed by atoms with van der Waals surface area (Å²) in [5.41, 5.74) is 0. The van der Waals surface area contributed by atoms with Crippen molar-refractivity contribution in [3.05, 3.63) is 0 Å². The fourth-order valence-corrected chi connectivity index (χ4v) is 11.4. The molecule has 122 valence electrons. The molecule has 0 atom stereocenters. The second kappa shape index (κ2) is 9.33. The van der Waals surface area contributed by atoms with Gasteiger partial charge in [-0.3, -0.25) is 4.57 Å². The van der Waals surface area contributed by atoms with Gasteiger partial charge in [0.1, 0.15) is 0 Å². The van der Waals surface area contributed by atoms with Gasteiger partial charge >= 0.3 is 15.4 Å². The molecule has 5 nitrogen and oxygen atoms in total. The van der Waals surface area contributed by atoms with Gasteiger partial charge in [-0.25, -0.2) is 0 Å². The minimum atomic E-state index is -3.43. The Kier molecular flexibility index (Phi) is 9.47. The Morgan fingerprint density at radius 2 is 1.30 bits per heavy atom. The van der Waals surface area contributed by atoms with Crippen LogP contribution in [0.2, 0.25) is 6.04 Å². The van der Waals surface area contributed by atoms with Crippen molar-refractivity contribution in [3.63, 3.8) is 0 Å². The molecular formula is C13H31O5PSi. The molecule has 0 aromatic carbocycles. The molecule has 0 N–H and O–H groups in total. The van der Waals surface area contributed by atoms with Crippen molar-refractivity contribution in [2.75, 3.05) is 13.2 Å². The molecule has 7 heteroatoms. The van der Waals surface area contributed by atoms with Gasteiger partial charge in [0.25, 0.3) is 0 Å². The highest BCUT2D eigenvalue weighted by atomic mass is 31.5. The summed E-state index contributed by atoms with van der Waals surface area (Å²) in [5, 5.41) is 0. The lowest BCUT2D eigenvalue weighted by Gasteiger charge is -2.36. The second-order valence-electron chi connectivity index (χ2n) is 5.13. The molecule has 0 saturated heterocycles. The van der Waals surface area contributed by atoms with Gasteiger partial charge in [-0.2, -0.15) is 0 Å². The number of hydrogen-bond acceptors (Lipinski definition) is 5. The Morgan fingerprint density at radius 3 is 1.55 bits per heavy atom. The third-order valence-corrected chi connectivity index (χ3v) is 11.8. The molecule has 0 amide bonds. The van der Waals surface area contributed by atoms with Gasteiger partial charge < -0.3 is 17.9 Å². The zero-order valence-corrected chi connectivity index (χ0v) is 15.9. The van der Waals surface area contributed by atoms with Crippen LogP contribution in [0.3, 0.4) is 0 Å². The van der Waals surface area contributed by atoms with Crippen LogP contribution < -0.4 is 0 Å². The van der Waals surface area contributed by atoms with E-state index in [9.17, 15) is 4.57 Å². The zero-order chi connectivity index (χ0) is 15.8. The van der Waals surface area contributed by atoms with E-state index in [2.05, 4.69) is 0 Å². The van der Waals surface area contributed by atoms with Crippen LogP contribution in [0.1, 0.15) is 54.9 Å². The number of rotatable bonds is 11. The molecule has 20 heavy (non-hydrogen) atoms. The molecule has 0 heterocycles. The van der Waals surface area contributed by atoms with Crippen LogP contribution in [-0.2, 0) is 22.5 Å². The van der Waals surface area contributed by atoms with E-state index in [-0.39, 0.29) is 12.2 Å². The quantitative estimate of drug-likeness (QED) is 0.415. The summed E-state index contributed by atoms with van der Waals surface area (Å²) in [6, 6.07) is 0.603. The van der Waals surface area contributed by atoms with Crippen LogP contribution in [0.15, 0.2) is 0 Å². The summed E-state index contributed by atoms with van der Waals surface area (Å²) in [6.45, 7) is 14.1. The van der Waals surface area contributed by atoms with Crippen LogP contribution in [-0.4, -0.2) is 33.7 Å². The average Bonchev–Trinajstić information content (AvgIpc) is 2.27. The molecule has 0 rings (SSSR count). The first-order chi connectivity index (χ1) is 9.26. The van der Waals surface area contributed by atoms with E-state index in [1.165, 1.54) is 0 Å². The Balaban J connectivity index is 5.62. The second-order valence-corrected chi connectivity index (χ2v) is 12.7. The van der Waals surface area contributed by atoms with Crippen LogP contribution in [0.25, 0.3) is 0 Å². The molecule has 0 aromatic rings. The number of hydrogen-bond donors (Lipinski definition) is 0. The maximum Gasteiger partial charge on any atom is 0.469 e. The fourth-order valence-electron chi connectivity index (χ4n) is 1.99. The first-order valence-corrected chi connectivity index (χ1v) is 11.9. The summed E-state index contributed by atoms with van der Waals surface area (Å²) in [7, 11) is -6.49. The summed E-state index contributed by atoms with van der Waals surface area (Å²) >= 11 is 0. The smallest absolute Gasteiger partial charge is 0.386 e. The summed E-state index contributed by atoms with van der Waals surface area (Å²) in [4.78, 5) is 0. The monoisotopic (exact) mass is 326 g/mol. The normalized spacial score (nSPS) is 13.4. The maximum atomic E-state index is 13.4. The lowest BCUT2D eigenvalue weighted by atomic mass is 10.5. The lowest BCUT2D eigenvalue weighted by molar-refractivity contribution is 0.126. The van der Waals surface area contributed by atoms with Crippen molar-refractivity contribution < 1.29 is 22.5 Å². The zero-order valence-electron chi connectivity index (χ0n) is 14.0. The van der Waals surface area contributed by atoms with Crippen LogP contribution in [0.5, 0.6) is 0 Å². The minimum Gasteiger partial charge on any atom is -0.386 e. The Labute approximate surface area is 125 Å². The maximum absolute atomic E-state index is 13.4. The first-order valence-electron chi connectivity index (χ1n) is 7.51. The van der Waals surface area contributed by atoms with E-state index in [0.717, 1.165) is 6.42 Å². The predicted octanol–water partition coefficient (Wildman–Crippen LogP) is 4.45. The third kappa shape index (κ3) is 5.58. The molecule has 0 saturated carbocycles. The molecule has 0 aliphatic carbocycles. The van der Waals surface area contributed by atoms with Gasteiger partial charge in [-0.1, -0.05) is 13.3 Å². The van der Waals surface area contributed by atoms with Gasteiger partial charge in [-0.05, 0) is 41.5 Å². The molecule has 0 bridgehead atoms. The summed E-state index contributed by atoms with van der Waals surface area (Å²) in [6.07, 6.45) is 0.410. The van der Waals surface area contributed by atoms with Crippen LogP contribution >= 0.6 is 7.14 Å². The fraction of sp³-hybridized carbons (Fsp3) is 1.00. The minimum absolute atomic E-state index is 0.204. The van der Waals surface area contributed by atoms with Gasteiger partial charge in [-0.15, -0.1) is 0 Å². The Hall–Kier alpha value is 0.287. The standard InChI is InChI=1S/C13H31O5PSi/c1-8-11-20(15-9-2,16-10-3)19(14,17-12(4)5)18-13(6)7/h12-13H,8-11H2,1-7H3. The molecule has 0 unspecified atom stereocenters. The molecule has 0 aromatic heterocycles. The van der Waals surface area contributed by atoms with E-state index >= 15 is 0 Å². The van der Waals surface area contributed by atoms with Crippen molar-refractivity contribution in [1.82, 2.24) is 0 Å². The Bertz CT molecular complexity index is 278. The van der Waals surface area contributed by atoms with Crippen molar-refractivity contribution in [2.45, 2.75) is 73.1 Å². The van der Waals surface area contributed by atoms with E-state index in [4.69, 9.17) is 17.9 Å². The van der Waals surface area contributed by atoms with E-state index in [1.54, 1.807) is 0 Å². The highest BCUT2D eigenvalue weighted by Gasteiger charge is 2.59. The van der Waals surface area contributed by atoms with Crippen molar-refractivity contribution in [1.29, 1.82) is 0 Å². The topological polar surface area (TPSA) is 54.0 Å². The largest absolute Gasteiger partial charge is 0.469 e. The first kappa shape index (κ1) is 20.3.